The molecule has 178 valence electrons. The quantitative estimate of drug-likeness (QED) is 0.132. The van der Waals surface area contributed by atoms with E-state index >= 15 is 0 Å². The van der Waals surface area contributed by atoms with E-state index in [0.717, 1.165) is 6.42 Å². The molecule has 0 amide bonds. The van der Waals surface area contributed by atoms with Crippen LogP contribution in [-0.4, -0.2) is 0 Å². The molecule has 6 rings (SSSR count). The average molecular weight is 633 g/mol. The number of rotatable bonds is 2. The van der Waals surface area contributed by atoms with Gasteiger partial charge < -0.3 is 14.4 Å². The fraction of sp³-hybridized carbons (Fsp3) is 0.114. The Morgan fingerprint density at radius 3 is 1.81 bits per heavy atom. The fourth-order valence-electron chi connectivity index (χ4n) is 4.25. The Balaban J connectivity index is 0.000000204. The van der Waals surface area contributed by atoms with Crippen molar-refractivity contribution in [3.05, 3.63) is 175 Å². The Kier molecular flexibility index (Phi) is 11.9. The van der Waals surface area contributed by atoms with Crippen molar-refractivity contribution in [2.24, 2.45) is 0 Å². The summed E-state index contributed by atoms with van der Waals surface area (Å²) >= 11 is 0. The molecule has 0 N–H and O–H groups in total. The molecule has 1 heteroatoms. The van der Waals surface area contributed by atoms with Crippen molar-refractivity contribution < 1.29 is 25.8 Å². The van der Waals surface area contributed by atoms with E-state index in [2.05, 4.69) is 106 Å². The minimum absolute atomic E-state index is 0. The molecule has 5 aromatic carbocycles. The Labute approximate surface area is 237 Å². The van der Waals surface area contributed by atoms with Gasteiger partial charge in [0.2, 0.25) is 0 Å². The summed E-state index contributed by atoms with van der Waals surface area (Å²) in [7, 11) is 0. The number of aryl methyl sites for hydroxylation is 2. The van der Waals surface area contributed by atoms with Crippen molar-refractivity contribution in [1.29, 1.82) is 0 Å². The third-order valence-electron chi connectivity index (χ3n) is 6.05. The van der Waals surface area contributed by atoms with Crippen LogP contribution >= 0.6 is 0 Å². The smallest absolute Gasteiger partial charge is 0.358 e. The molecule has 36 heavy (non-hydrogen) atoms. The molecule has 0 nitrogen and oxygen atoms in total. The van der Waals surface area contributed by atoms with Crippen LogP contribution in [0.5, 0.6) is 0 Å². The summed E-state index contributed by atoms with van der Waals surface area (Å²) in [5.74, 6) is 0.234. The van der Waals surface area contributed by atoms with E-state index in [4.69, 9.17) is 0 Å². The van der Waals surface area contributed by atoms with Gasteiger partial charge in [-0.25, -0.2) is 12.1 Å². The molecule has 0 bridgehead atoms. The van der Waals surface area contributed by atoms with E-state index in [1.807, 2.05) is 42.5 Å². The fourth-order valence-corrected chi connectivity index (χ4v) is 4.25. The molecule has 1 aliphatic rings. The van der Waals surface area contributed by atoms with Crippen LogP contribution in [0.15, 0.2) is 121 Å². The molecule has 5 aromatic rings. The van der Waals surface area contributed by atoms with Gasteiger partial charge in [-0.1, -0.05) is 108 Å². The number of benzene rings is 4. The maximum Gasteiger partial charge on any atom is 4.00 e. The number of hydrogen-bond acceptors (Lipinski definition) is 0. The number of hydrogen-bond donors (Lipinski definition) is 0. The van der Waals surface area contributed by atoms with Gasteiger partial charge in [0.1, 0.15) is 0 Å². The summed E-state index contributed by atoms with van der Waals surface area (Å²) in [4.78, 5) is 0. The zero-order chi connectivity index (χ0) is 23.8. The monoisotopic (exact) mass is 634 g/mol. The second-order valence-corrected chi connectivity index (χ2v) is 8.71. The maximum absolute atomic E-state index is 4.18. The summed E-state index contributed by atoms with van der Waals surface area (Å²) in [6.45, 7) is 8.44. The molecule has 0 atom stereocenters. The largest absolute Gasteiger partial charge is 4.00 e. The molecule has 0 aromatic heterocycles. The molecule has 0 heterocycles. The van der Waals surface area contributed by atoms with Gasteiger partial charge in [0, 0.05) is 0 Å². The van der Waals surface area contributed by atoms with E-state index < -0.39 is 0 Å². The molecule has 0 saturated heterocycles. The van der Waals surface area contributed by atoms with Crippen molar-refractivity contribution >= 4 is 0 Å². The van der Waals surface area contributed by atoms with E-state index in [1.165, 1.54) is 44.5 Å². The van der Waals surface area contributed by atoms with Crippen LogP contribution in [0.2, 0.25) is 0 Å². The van der Waals surface area contributed by atoms with Crippen molar-refractivity contribution in [2.45, 2.75) is 26.2 Å². The van der Waals surface area contributed by atoms with Gasteiger partial charge in [0.15, 0.2) is 0 Å². The maximum atomic E-state index is 4.18. The van der Waals surface area contributed by atoms with Gasteiger partial charge in [0.05, 0.1) is 0 Å². The SMILES string of the molecule is Cc1[c-]c2c(cc1)-c1ccc(C)cc1C2.[CH2-]C(c1ccccc1)c1ccccc1.[CH3-].[Hf+4].c1cc[cH-]c1. The van der Waals surface area contributed by atoms with Crippen LogP contribution in [0, 0.1) is 34.3 Å². The Hall–Kier alpha value is -2.90. The Morgan fingerprint density at radius 1 is 0.722 bits per heavy atom. The summed E-state index contributed by atoms with van der Waals surface area (Å²) < 4.78 is 0. The van der Waals surface area contributed by atoms with E-state index in [0.29, 0.717) is 0 Å². The van der Waals surface area contributed by atoms with Crippen LogP contribution in [-0.2, 0) is 32.3 Å². The molecule has 0 radical (unpaired) electrons. The van der Waals surface area contributed by atoms with E-state index in [1.54, 1.807) is 0 Å². The zero-order valence-corrected chi connectivity index (χ0v) is 25.1. The van der Waals surface area contributed by atoms with Crippen LogP contribution in [0.4, 0.5) is 0 Å². The second kappa shape index (κ2) is 14.6. The summed E-state index contributed by atoms with van der Waals surface area (Å²) in [6.07, 6.45) is 1.05. The minimum Gasteiger partial charge on any atom is -0.358 e. The van der Waals surface area contributed by atoms with E-state index in [9.17, 15) is 0 Å². The van der Waals surface area contributed by atoms with Crippen LogP contribution in [0.1, 0.15) is 39.3 Å². The van der Waals surface area contributed by atoms with Gasteiger partial charge in [-0.3, -0.25) is 0 Å². The molecular formula is C35H34Hf. The summed E-state index contributed by atoms with van der Waals surface area (Å²) in [6, 6.07) is 45.3. The predicted molar refractivity (Wildman–Crippen MR) is 152 cm³/mol. The van der Waals surface area contributed by atoms with Crippen LogP contribution in [0.3, 0.4) is 0 Å². The molecule has 0 spiro atoms. The van der Waals surface area contributed by atoms with Crippen molar-refractivity contribution in [2.75, 3.05) is 0 Å². The Bertz CT molecular complexity index is 1180. The molecule has 0 aliphatic heterocycles. The molecule has 1 aliphatic carbocycles. The third kappa shape index (κ3) is 7.80. The summed E-state index contributed by atoms with van der Waals surface area (Å²) in [5, 5.41) is 0. The van der Waals surface area contributed by atoms with Crippen LogP contribution < -0.4 is 0 Å². The molecule has 0 unspecified atom stereocenters. The first kappa shape index (κ1) is 29.3. The topological polar surface area (TPSA) is 0 Å². The first-order valence-electron chi connectivity index (χ1n) is 11.8. The van der Waals surface area contributed by atoms with Gasteiger partial charge in [-0.15, -0.1) is 17.0 Å². The van der Waals surface area contributed by atoms with Crippen molar-refractivity contribution in [3.63, 3.8) is 0 Å². The molecule has 0 saturated carbocycles. The standard InChI is InChI=1S/C15H13.C14H13.C5H5.CH3.Hf/c1-10-3-5-14-12(7-10)9-13-8-11(2)4-6-15(13)14;1-12(13-8-4-2-5-9-13)14-10-6-3-7-11-14;1-2-4-5-3-1;;/h3-7H,9H2,1-2H3;2-12H,1H2;1-5H;1H3;/q4*-1;+4. The third-order valence-corrected chi connectivity index (χ3v) is 6.05. The van der Waals surface area contributed by atoms with Crippen molar-refractivity contribution in [3.8, 4) is 11.1 Å². The predicted octanol–water partition coefficient (Wildman–Crippen LogP) is 9.18. The van der Waals surface area contributed by atoms with Gasteiger partial charge in [-0.2, -0.15) is 42.0 Å². The Morgan fingerprint density at radius 2 is 1.28 bits per heavy atom. The molecule has 0 fully saturated rings. The first-order chi connectivity index (χ1) is 16.6. The van der Waals surface area contributed by atoms with Gasteiger partial charge in [-0.05, 0) is 18.9 Å². The minimum atomic E-state index is 0. The second-order valence-electron chi connectivity index (χ2n) is 8.71. The average Bonchev–Trinajstić information content (AvgIpc) is 3.56. The number of fused-ring (bicyclic) bond motifs is 3. The van der Waals surface area contributed by atoms with Crippen molar-refractivity contribution in [1.82, 2.24) is 0 Å². The first-order valence-corrected chi connectivity index (χ1v) is 11.8. The zero-order valence-electron chi connectivity index (χ0n) is 21.5. The van der Waals surface area contributed by atoms with Crippen LogP contribution in [0.25, 0.3) is 11.1 Å². The summed E-state index contributed by atoms with van der Waals surface area (Å²) in [5.41, 5.74) is 10.7. The normalized spacial score (nSPS) is 10.3. The van der Waals surface area contributed by atoms with Gasteiger partial charge >= 0.3 is 25.8 Å². The van der Waals surface area contributed by atoms with E-state index in [-0.39, 0.29) is 39.2 Å². The van der Waals surface area contributed by atoms with Gasteiger partial charge in [0.25, 0.3) is 0 Å². The molecular weight excluding hydrogens is 599 g/mol.